The Balaban J connectivity index is 1.48. The van der Waals surface area contributed by atoms with E-state index < -0.39 is 0 Å². The summed E-state index contributed by atoms with van der Waals surface area (Å²) in [6, 6.07) is 16.4. The Morgan fingerprint density at radius 3 is 2.51 bits per heavy atom. The van der Waals surface area contributed by atoms with Crippen LogP contribution in [0.4, 0.5) is 4.39 Å². The Morgan fingerprint density at radius 2 is 1.86 bits per heavy atom. The molecule has 0 aliphatic carbocycles. The minimum atomic E-state index is -0.211. The maximum Gasteiger partial charge on any atom is 0.263 e. The van der Waals surface area contributed by atoms with Gasteiger partial charge >= 0.3 is 0 Å². The molecule has 1 saturated heterocycles. The van der Waals surface area contributed by atoms with Crippen LogP contribution in [0.25, 0.3) is 0 Å². The minimum Gasteiger partial charge on any atom is -0.497 e. The second kappa shape index (κ2) is 11.7. The lowest BCUT2D eigenvalue weighted by Gasteiger charge is -2.40. The van der Waals surface area contributed by atoms with E-state index >= 15 is 0 Å². The molecule has 0 bridgehead atoms. The number of carbonyl (C=O) groups excluding carboxylic acids is 1. The molecule has 186 valence electrons. The summed E-state index contributed by atoms with van der Waals surface area (Å²) in [4.78, 5) is 18.2. The molecule has 0 N–H and O–H groups in total. The maximum atomic E-state index is 14.6. The average Bonchev–Trinajstić information content (AvgIpc) is 3.43. The van der Waals surface area contributed by atoms with Crippen LogP contribution in [-0.4, -0.2) is 56.1 Å². The number of amides is 1. The minimum absolute atomic E-state index is 0.00452. The third-order valence-corrected chi connectivity index (χ3v) is 7.85. The van der Waals surface area contributed by atoms with E-state index in [0.717, 1.165) is 49.5 Å². The van der Waals surface area contributed by atoms with E-state index in [4.69, 9.17) is 9.47 Å². The Hall–Kier alpha value is -2.90. The molecule has 1 fully saturated rings. The van der Waals surface area contributed by atoms with E-state index in [1.165, 1.54) is 17.4 Å². The summed E-state index contributed by atoms with van der Waals surface area (Å²) in [5.41, 5.74) is 1.75. The van der Waals surface area contributed by atoms with Gasteiger partial charge in [0.05, 0.1) is 19.1 Å². The largest absolute Gasteiger partial charge is 0.497 e. The van der Waals surface area contributed by atoms with Gasteiger partial charge in [0.15, 0.2) is 0 Å². The lowest BCUT2D eigenvalue weighted by atomic mass is 9.84. The van der Waals surface area contributed by atoms with Crippen LogP contribution < -0.4 is 9.47 Å². The maximum absolute atomic E-state index is 14.6. The van der Waals surface area contributed by atoms with Gasteiger partial charge in [0, 0.05) is 25.2 Å². The summed E-state index contributed by atoms with van der Waals surface area (Å²) in [6.07, 6.45) is 2.38. The molecular weight excluding hydrogens is 463 g/mol. The Labute approximate surface area is 211 Å². The number of nitrogens with zero attached hydrogens (tertiary/aromatic N) is 2. The number of piperidine rings is 1. The number of hydrogen-bond donors (Lipinski definition) is 0. The normalized spacial score (nSPS) is 15.5. The van der Waals surface area contributed by atoms with Gasteiger partial charge in [0.2, 0.25) is 0 Å². The highest BCUT2D eigenvalue weighted by Gasteiger charge is 2.33. The monoisotopic (exact) mass is 496 g/mol. The van der Waals surface area contributed by atoms with Crippen LogP contribution in [0.3, 0.4) is 0 Å². The number of ether oxygens (including phenoxy) is 2. The quantitative estimate of drug-likeness (QED) is 0.392. The molecule has 1 aliphatic heterocycles. The lowest BCUT2D eigenvalue weighted by Crippen LogP contribution is -2.47. The topological polar surface area (TPSA) is 42.0 Å². The zero-order valence-corrected chi connectivity index (χ0v) is 21.4. The van der Waals surface area contributed by atoms with Crippen molar-refractivity contribution >= 4 is 17.2 Å². The van der Waals surface area contributed by atoms with Crippen molar-refractivity contribution in [2.24, 2.45) is 5.92 Å². The third-order valence-electron chi connectivity index (χ3n) is 6.99. The molecule has 2 heterocycles. The molecule has 0 spiro atoms. The van der Waals surface area contributed by atoms with Gasteiger partial charge in [-0.2, -0.15) is 0 Å². The fourth-order valence-electron chi connectivity index (χ4n) is 4.98. The molecule has 2 aromatic carbocycles. The molecule has 1 aliphatic rings. The smallest absolute Gasteiger partial charge is 0.263 e. The molecule has 1 unspecified atom stereocenters. The van der Waals surface area contributed by atoms with Gasteiger partial charge in [-0.15, -0.1) is 11.3 Å². The molecule has 1 amide bonds. The molecule has 4 rings (SSSR count). The van der Waals surface area contributed by atoms with E-state index in [-0.39, 0.29) is 23.7 Å². The standard InChI is InChI=1S/C28H33FN2O3S/c1-30(28(32)27-9-6-16-35-27)25(18-21-7-4-5-8-24(21)29)20-12-14-31(15-13-20)19-22-17-23(33-2)10-11-26(22)34-3/h4-11,16-17,20,25H,12-15,18-19H2,1-3H3. The Kier molecular flexibility index (Phi) is 8.42. The van der Waals surface area contributed by atoms with Gasteiger partial charge < -0.3 is 14.4 Å². The van der Waals surface area contributed by atoms with Crippen molar-refractivity contribution in [3.8, 4) is 11.5 Å². The first-order valence-electron chi connectivity index (χ1n) is 12.0. The first-order valence-corrected chi connectivity index (χ1v) is 12.9. The number of likely N-dealkylation sites (N-methyl/N-ethyl adjacent to an activating group) is 1. The lowest BCUT2D eigenvalue weighted by molar-refractivity contribution is 0.0587. The molecular formula is C28H33FN2O3S. The molecule has 35 heavy (non-hydrogen) atoms. The molecule has 1 aromatic heterocycles. The van der Waals surface area contributed by atoms with Gasteiger partial charge in [0.1, 0.15) is 17.3 Å². The van der Waals surface area contributed by atoms with Crippen molar-refractivity contribution in [3.63, 3.8) is 0 Å². The third kappa shape index (κ3) is 6.03. The van der Waals surface area contributed by atoms with Crippen LogP contribution in [0.2, 0.25) is 0 Å². The van der Waals surface area contributed by atoms with Crippen LogP contribution in [-0.2, 0) is 13.0 Å². The van der Waals surface area contributed by atoms with Crippen LogP contribution in [0.1, 0.15) is 33.6 Å². The van der Waals surface area contributed by atoms with Crippen molar-refractivity contribution < 1.29 is 18.7 Å². The van der Waals surface area contributed by atoms with Gasteiger partial charge in [-0.1, -0.05) is 24.3 Å². The Morgan fingerprint density at radius 1 is 1.09 bits per heavy atom. The van der Waals surface area contributed by atoms with E-state index in [1.807, 2.05) is 59.8 Å². The van der Waals surface area contributed by atoms with Crippen LogP contribution >= 0.6 is 11.3 Å². The average molecular weight is 497 g/mol. The molecule has 1 atom stereocenters. The van der Waals surface area contributed by atoms with E-state index in [9.17, 15) is 9.18 Å². The number of benzene rings is 2. The summed E-state index contributed by atoms with van der Waals surface area (Å²) < 4.78 is 25.5. The SMILES string of the molecule is COc1ccc(OC)c(CN2CCC(C(Cc3ccccc3F)N(C)C(=O)c3cccs3)CC2)c1. The zero-order chi connectivity index (χ0) is 24.8. The van der Waals surface area contributed by atoms with E-state index in [0.29, 0.717) is 16.9 Å². The second-order valence-corrected chi connectivity index (χ2v) is 10.00. The summed E-state index contributed by atoms with van der Waals surface area (Å²) in [6.45, 7) is 2.58. The molecule has 7 heteroatoms. The van der Waals surface area contributed by atoms with Crippen molar-refractivity contribution in [3.05, 3.63) is 81.8 Å². The molecule has 0 radical (unpaired) electrons. The fourth-order valence-corrected chi connectivity index (χ4v) is 5.68. The highest BCUT2D eigenvalue weighted by Crippen LogP contribution is 2.31. The van der Waals surface area contributed by atoms with E-state index in [1.54, 1.807) is 20.3 Å². The van der Waals surface area contributed by atoms with Gasteiger partial charge in [-0.3, -0.25) is 9.69 Å². The predicted octanol–water partition coefficient (Wildman–Crippen LogP) is 5.50. The van der Waals surface area contributed by atoms with Crippen LogP contribution in [0.15, 0.2) is 60.0 Å². The number of likely N-dealkylation sites (tertiary alicyclic amines) is 1. The fraction of sp³-hybridized carbons (Fsp3) is 0.393. The predicted molar refractivity (Wildman–Crippen MR) is 138 cm³/mol. The first-order chi connectivity index (χ1) is 17.0. The van der Waals surface area contributed by atoms with Gasteiger partial charge in [0.25, 0.3) is 5.91 Å². The number of hydrogen-bond acceptors (Lipinski definition) is 5. The van der Waals surface area contributed by atoms with Crippen LogP contribution in [0, 0.1) is 11.7 Å². The molecule has 0 saturated carbocycles. The highest BCUT2D eigenvalue weighted by atomic mass is 32.1. The van der Waals surface area contributed by atoms with Crippen molar-refractivity contribution in [1.29, 1.82) is 0 Å². The van der Waals surface area contributed by atoms with Crippen molar-refractivity contribution in [2.45, 2.75) is 31.8 Å². The summed E-state index contributed by atoms with van der Waals surface area (Å²) in [5.74, 6) is 1.75. The van der Waals surface area contributed by atoms with Crippen molar-refractivity contribution in [2.75, 3.05) is 34.4 Å². The second-order valence-electron chi connectivity index (χ2n) is 9.05. The number of halogens is 1. The summed E-state index contributed by atoms with van der Waals surface area (Å²) in [7, 11) is 5.22. The first kappa shape index (κ1) is 25.2. The summed E-state index contributed by atoms with van der Waals surface area (Å²) in [5, 5.41) is 1.91. The number of carbonyl (C=O) groups is 1. The summed E-state index contributed by atoms with van der Waals surface area (Å²) >= 11 is 1.45. The van der Waals surface area contributed by atoms with E-state index in [2.05, 4.69) is 4.90 Å². The number of methoxy groups -OCH3 is 2. The van der Waals surface area contributed by atoms with Gasteiger partial charge in [-0.25, -0.2) is 4.39 Å². The van der Waals surface area contributed by atoms with Crippen LogP contribution in [0.5, 0.6) is 11.5 Å². The Bertz CT molecular complexity index is 1110. The molecule has 3 aromatic rings. The zero-order valence-electron chi connectivity index (χ0n) is 20.6. The molecule has 5 nitrogen and oxygen atoms in total. The highest BCUT2D eigenvalue weighted by molar-refractivity contribution is 7.12. The number of thiophene rings is 1. The van der Waals surface area contributed by atoms with Crippen molar-refractivity contribution in [1.82, 2.24) is 9.80 Å². The van der Waals surface area contributed by atoms with Gasteiger partial charge in [-0.05, 0) is 79.5 Å². The number of rotatable bonds is 9.